The molecule has 0 amide bonds. The van der Waals surface area contributed by atoms with Crippen LogP contribution in [-0.4, -0.2) is 66.6 Å². The lowest BCUT2D eigenvalue weighted by molar-refractivity contribution is 0.161. The van der Waals surface area contributed by atoms with E-state index in [4.69, 9.17) is 31.5 Å². The number of aliphatic hydroxyl groups is 2. The first-order chi connectivity index (χ1) is 13.7. The summed E-state index contributed by atoms with van der Waals surface area (Å²) in [6, 6.07) is 11.6. The van der Waals surface area contributed by atoms with E-state index in [1.54, 1.807) is 7.11 Å². The molecular weight excluding hydrogens is 378 g/mol. The zero-order valence-electron chi connectivity index (χ0n) is 16.0. The lowest BCUT2D eigenvalue weighted by Gasteiger charge is -2.20. The molecule has 7 heteroatoms. The molecule has 0 spiro atoms. The van der Waals surface area contributed by atoms with Crippen LogP contribution in [0, 0.1) is 0 Å². The molecule has 0 atom stereocenters. The van der Waals surface area contributed by atoms with Gasteiger partial charge in [-0.25, -0.2) is 4.98 Å². The number of hydrogen-bond donors (Lipinski definition) is 3. The van der Waals surface area contributed by atoms with Crippen molar-refractivity contribution in [2.75, 3.05) is 51.8 Å². The molecule has 0 aliphatic rings. The summed E-state index contributed by atoms with van der Waals surface area (Å²) in [7, 11) is 1.65. The van der Waals surface area contributed by atoms with Gasteiger partial charge in [-0.15, -0.1) is 0 Å². The lowest BCUT2D eigenvalue weighted by Crippen LogP contribution is -2.31. The Labute approximate surface area is 169 Å². The van der Waals surface area contributed by atoms with Gasteiger partial charge in [0.15, 0.2) is 0 Å². The Bertz CT molecular complexity index is 930. The van der Waals surface area contributed by atoms with Crippen LogP contribution in [0.2, 0.25) is 5.02 Å². The van der Waals surface area contributed by atoms with Crippen molar-refractivity contribution in [1.29, 1.82) is 0 Å². The maximum absolute atomic E-state index is 9.14. The normalized spacial score (nSPS) is 11.5. The van der Waals surface area contributed by atoms with Gasteiger partial charge < -0.3 is 20.3 Å². The molecule has 3 N–H and O–H groups in total. The summed E-state index contributed by atoms with van der Waals surface area (Å²) in [5, 5.41) is 24.5. The van der Waals surface area contributed by atoms with Gasteiger partial charge in [-0.05, 0) is 49.4 Å². The standard InChI is InChI=1S/C21H26ClN3O3/c1-28-16-4-6-19-18(14-16)21(17-5-3-15(22)13-20(17)24-19)23-7-2-8-25(9-11-26)10-12-27/h3-6,13-14,26-27H,2,7-12H2,1H3,(H,23,24). The predicted molar refractivity (Wildman–Crippen MR) is 115 cm³/mol. The fourth-order valence-corrected chi connectivity index (χ4v) is 3.51. The summed E-state index contributed by atoms with van der Waals surface area (Å²) >= 11 is 6.16. The molecule has 150 valence electrons. The van der Waals surface area contributed by atoms with Crippen molar-refractivity contribution in [3.8, 4) is 5.75 Å². The third kappa shape index (κ3) is 4.83. The van der Waals surface area contributed by atoms with Crippen LogP contribution in [0.4, 0.5) is 5.69 Å². The van der Waals surface area contributed by atoms with Gasteiger partial charge in [0.1, 0.15) is 5.75 Å². The van der Waals surface area contributed by atoms with Crippen LogP contribution in [0.3, 0.4) is 0 Å². The highest BCUT2D eigenvalue weighted by Gasteiger charge is 2.11. The van der Waals surface area contributed by atoms with Gasteiger partial charge in [0.25, 0.3) is 0 Å². The number of aromatic nitrogens is 1. The van der Waals surface area contributed by atoms with Gasteiger partial charge in [-0.2, -0.15) is 0 Å². The third-order valence-electron chi connectivity index (χ3n) is 4.73. The number of halogens is 1. The number of aliphatic hydroxyl groups excluding tert-OH is 2. The van der Waals surface area contributed by atoms with E-state index in [1.807, 2.05) is 41.3 Å². The van der Waals surface area contributed by atoms with Crippen LogP contribution >= 0.6 is 11.6 Å². The van der Waals surface area contributed by atoms with E-state index < -0.39 is 0 Å². The summed E-state index contributed by atoms with van der Waals surface area (Å²) in [6.45, 7) is 2.86. The molecular formula is C21H26ClN3O3. The summed E-state index contributed by atoms with van der Waals surface area (Å²) in [5.74, 6) is 0.780. The monoisotopic (exact) mass is 403 g/mol. The molecule has 28 heavy (non-hydrogen) atoms. The van der Waals surface area contributed by atoms with Gasteiger partial charge in [-0.3, -0.25) is 4.90 Å². The first-order valence-electron chi connectivity index (χ1n) is 9.41. The number of methoxy groups -OCH3 is 1. The quantitative estimate of drug-likeness (QED) is 0.356. The Morgan fingerprint density at radius 3 is 2.50 bits per heavy atom. The Hall–Kier alpha value is -2.12. The minimum Gasteiger partial charge on any atom is -0.497 e. The maximum atomic E-state index is 9.14. The van der Waals surface area contributed by atoms with Crippen LogP contribution < -0.4 is 10.1 Å². The molecule has 0 aliphatic carbocycles. The number of anilines is 1. The van der Waals surface area contributed by atoms with Gasteiger partial charge in [0.2, 0.25) is 0 Å². The average Bonchev–Trinajstić information content (AvgIpc) is 2.70. The Morgan fingerprint density at radius 1 is 1.00 bits per heavy atom. The van der Waals surface area contributed by atoms with E-state index in [0.717, 1.165) is 52.8 Å². The highest BCUT2D eigenvalue weighted by molar-refractivity contribution is 6.31. The van der Waals surface area contributed by atoms with Crippen LogP contribution in [0.1, 0.15) is 6.42 Å². The average molecular weight is 404 g/mol. The van der Waals surface area contributed by atoms with Crippen LogP contribution in [0.15, 0.2) is 36.4 Å². The van der Waals surface area contributed by atoms with Crippen molar-refractivity contribution in [3.05, 3.63) is 41.4 Å². The summed E-state index contributed by atoms with van der Waals surface area (Å²) in [6.07, 6.45) is 0.878. The smallest absolute Gasteiger partial charge is 0.119 e. The van der Waals surface area contributed by atoms with Gasteiger partial charge in [0.05, 0.1) is 37.0 Å². The van der Waals surface area contributed by atoms with Crippen molar-refractivity contribution < 1.29 is 14.9 Å². The molecule has 6 nitrogen and oxygen atoms in total. The Balaban J connectivity index is 1.86. The zero-order chi connectivity index (χ0) is 19.9. The number of nitrogens with zero attached hydrogens (tertiary/aromatic N) is 2. The Morgan fingerprint density at radius 2 is 1.79 bits per heavy atom. The summed E-state index contributed by atoms with van der Waals surface area (Å²) < 4.78 is 5.39. The molecule has 0 saturated carbocycles. The first kappa shape index (κ1) is 20.6. The molecule has 0 unspecified atom stereocenters. The highest BCUT2D eigenvalue weighted by Crippen LogP contribution is 2.34. The van der Waals surface area contributed by atoms with Crippen molar-refractivity contribution in [3.63, 3.8) is 0 Å². The summed E-state index contributed by atoms with van der Waals surface area (Å²) in [4.78, 5) is 6.78. The SMILES string of the molecule is COc1ccc2nc3cc(Cl)ccc3c(NCCCN(CCO)CCO)c2c1. The van der Waals surface area contributed by atoms with E-state index in [-0.39, 0.29) is 13.2 Å². The van der Waals surface area contributed by atoms with Gasteiger partial charge in [-0.1, -0.05) is 11.6 Å². The molecule has 2 aromatic carbocycles. The minimum absolute atomic E-state index is 0.0909. The van der Waals surface area contributed by atoms with Gasteiger partial charge in [0, 0.05) is 35.4 Å². The molecule has 1 heterocycles. The van der Waals surface area contributed by atoms with E-state index in [1.165, 1.54) is 0 Å². The van der Waals surface area contributed by atoms with Crippen LogP contribution in [-0.2, 0) is 0 Å². The topological polar surface area (TPSA) is 77.9 Å². The van der Waals surface area contributed by atoms with Crippen molar-refractivity contribution in [2.45, 2.75) is 6.42 Å². The summed E-state index contributed by atoms with van der Waals surface area (Å²) in [5.41, 5.74) is 2.72. The molecule has 3 aromatic rings. The molecule has 0 bridgehead atoms. The van der Waals surface area contributed by atoms with E-state index in [9.17, 15) is 0 Å². The zero-order valence-corrected chi connectivity index (χ0v) is 16.7. The second-order valence-corrected chi connectivity index (χ2v) is 7.04. The van der Waals surface area contributed by atoms with Gasteiger partial charge >= 0.3 is 0 Å². The van der Waals surface area contributed by atoms with Crippen molar-refractivity contribution in [2.24, 2.45) is 0 Å². The second kappa shape index (κ2) is 9.89. The largest absolute Gasteiger partial charge is 0.497 e. The number of fused-ring (bicyclic) bond motifs is 2. The lowest BCUT2D eigenvalue weighted by atomic mass is 10.1. The molecule has 0 fully saturated rings. The van der Waals surface area contributed by atoms with Crippen molar-refractivity contribution >= 4 is 39.1 Å². The van der Waals surface area contributed by atoms with Crippen molar-refractivity contribution in [1.82, 2.24) is 9.88 Å². The predicted octanol–water partition coefficient (Wildman–Crippen LogP) is 3.14. The molecule has 0 radical (unpaired) electrons. The van der Waals surface area contributed by atoms with E-state index in [0.29, 0.717) is 18.1 Å². The number of benzene rings is 2. The molecule has 1 aromatic heterocycles. The maximum Gasteiger partial charge on any atom is 0.119 e. The second-order valence-electron chi connectivity index (χ2n) is 6.60. The van der Waals surface area contributed by atoms with E-state index >= 15 is 0 Å². The molecule has 3 rings (SSSR count). The van der Waals surface area contributed by atoms with Crippen LogP contribution in [0.25, 0.3) is 21.8 Å². The number of rotatable bonds is 10. The third-order valence-corrected chi connectivity index (χ3v) is 4.96. The fourth-order valence-electron chi connectivity index (χ4n) is 3.35. The first-order valence-corrected chi connectivity index (χ1v) is 9.79. The molecule has 0 aliphatic heterocycles. The highest BCUT2D eigenvalue weighted by atomic mass is 35.5. The number of pyridine rings is 1. The minimum atomic E-state index is 0.0909. The molecule has 0 saturated heterocycles. The van der Waals surface area contributed by atoms with Crippen LogP contribution in [0.5, 0.6) is 5.75 Å². The van der Waals surface area contributed by atoms with E-state index in [2.05, 4.69) is 5.32 Å². The number of hydrogen-bond acceptors (Lipinski definition) is 6. The fraction of sp³-hybridized carbons (Fsp3) is 0.381. The number of nitrogens with one attached hydrogen (secondary N) is 1. The number of ether oxygens (including phenoxy) is 1. The Kier molecular flexibility index (Phi) is 7.28.